The fraction of sp³-hybridized carbons (Fsp3) is 0.375. The Kier molecular flexibility index (Phi) is 7.15. The van der Waals surface area contributed by atoms with Crippen LogP contribution in [0.2, 0.25) is 0 Å². The van der Waals surface area contributed by atoms with Gasteiger partial charge in [0.25, 0.3) is 0 Å². The van der Waals surface area contributed by atoms with E-state index in [0.717, 1.165) is 29.5 Å². The van der Waals surface area contributed by atoms with E-state index in [9.17, 15) is 18.7 Å². The van der Waals surface area contributed by atoms with Crippen molar-refractivity contribution >= 4 is 5.97 Å². The first kappa shape index (κ1) is 22.6. The van der Waals surface area contributed by atoms with Crippen LogP contribution >= 0.6 is 0 Å². The third-order valence-electron chi connectivity index (χ3n) is 5.09. The third kappa shape index (κ3) is 5.54. The molecule has 2 aromatic carbocycles. The molecule has 1 N–H and O–H groups in total. The molecule has 5 nitrogen and oxygen atoms in total. The van der Waals surface area contributed by atoms with E-state index in [0.29, 0.717) is 18.7 Å². The topological polar surface area (TPSA) is 68.0 Å². The molecule has 0 saturated heterocycles. The SMILES string of the molecule is CCCCc1nc(C(F)(F)CCC)n(Cc2ccc(-c3cccc(C(=O)O)c3)cc2)n1. The van der Waals surface area contributed by atoms with Gasteiger partial charge in [-0.15, -0.1) is 0 Å². The molecule has 0 aliphatic carbocycles. The van der Waals surface area contributed by atoms with Crippen LogP contribution in [0.15, 0.2) is 48.5 Å². The van der Waals surface area contributed by atoms with Crippen molar-refractivity contribution in [3.63, 3.8) is 0 Å². The van der Waals surface area contributed by atoms with Crippen molar-refractivity contribution in [3.05, 3.63) is 71.3 Å². The van der Waals surface area contributed by atoms with Crippen LogP contribution in [0.1, 0.15) is 67.1 Å². The van der Waals surface area contributed by atoms with E-state index in [-0.39, 0.29) is 24.4 Å². The van der Waals surface area contributed by atoms with E-state index in [1.807, 2.05) is 37.3 Å². The average molecular weight is 427 g/mol. The van der Waals surface area contributed by atoms with Crippen LogP contribution < -0.4 is 0 Å². The van der Waals surface area contributed by atoms with Gasteiger partial charge in [0.15, 0.2) is 11.6 Å². The molecule has 164 valence electrons. The Balaban J connectivity index is 1.85. The van der Waals surface area contributed by atoms with Gasteiger partial charge in [0.05, 0.1) is 12.1 Å². The molecule has 0 atom stereocenters. The second-order valence-corrected chi connectivity index (χ2v) is 7.65. The lowest BCUT2D eigenvalue weighted by Crippen LogP contribution is -2.21. The average Bonchev–Trinajstić information content (AvgIpc) is 3.16. The minimum absolute atomic E-state index is 0.198. The maximum Gasteiger partial charge on any atom is 0.335 e. The number of carboxylic acids is 1. The highest BCUT2D eigenvalue weighted by Crippen LogP contribution is 2.32. The lowest BCUT2D eigenvalue weighted by molar-refractivity contribution is -0.0270. The predicted molar refractivity (Wildman–Crippen MR) is 115 cm³/mol. The minimum Gasteiger partial charge on any atom is -0.478 e. The van der Waals surface area contributed by atoms with Crippen LogP contribution in [0.5, 0.6) is 0 Å². The Morgan fingerprint density at radius 1 is 1.06 bits per heavy atom. The number of aryl methyl sites for hydroxylation is 1. The van der Waals surface area contributed by atoms with Crippen molar-refractivity contribution in [2.75, 3.05) is 0 Å². The molecule has 0 spiro atoms. The van der Waals surface area contributed by atoms with Crippen LogP contribution in [0, 0.1) is 0 Å². The molecular formula is C24H27F2N3O2. The van der Waals surface area contributed by atoms with Crippen LogP contribution in [0.3, 0.4) is 0 Å². The first-order chi connectivity index (χ1) is 14.8. The summed E-state index contributed by atoms with van der Waals surface area (Å²) in [5.41, 5.74) is 2.67. The molecule has 1 heterocycles. The second-order valence-electron chi connectivity index (χ2n) is 7.65. The molecule has 0 aliphatic heterocycles. The monoisotopic (exact) mass is 427 g/mol. The fourth-order valence-corrected chi connectivity index (χ4v) is 3.44. The zero-order valence-corrected chi connectivity index (χ0v) is 17.8. The van der Waals surface area contributed by atoms with Crippen LogP contribution in [-0.2, 0) is 18.9 Å². The van der Waals surface area contributed by atoms with Gasteiger partial charge in [-0.3, -0.25) is 0 Å². The Bertz CT molecular complexity index is 1030. The summed E-state index contributed by atoms with van der Waals surface area (Å²) < 4.78 is 30.7. The lowest BCUT2D eigenvalue weighted by atomic mass is 10.0. The van der Waals surface area contributed by atoms with Gasteiger partial charge < -0.3 is 5.11 Å². The lowest BCUT2D eigenvalue weighted by Gasteiger charge is -2.15. The molecule has 0 amide bonds. The molecule has 1 aromatic heterocycles. The molecule has 7 heteroatoms. The molecule has 0 unspecified atom stereocenters. The summed E-state index contributed by atoms with van der Waals surface area (Å²) in [5, 5.41) is 13.5. The number of unbranched alkanes of at least 4 members (excludes halogenated alkanes) is 1. The van der Waals surface area contributed by atoms with Gasteiger partial charge in [-0.05, 0) is 41.7 Å². The van der Waals surface area contributed by atoms with Crippen molar-refractivity contribution in [2.24, 2.45) is 0 Å². The Hall–Kier alpha value is -3.09. The van der Waals surface area contributed by atoms with E-state index >= 15 is 0 Å². The number of carbonyl (C=O) groups is 1. The Morgan fingerprint density at radius 3 is 2.45 bits per heavy atom. The van der Waals surface area contributed by atoms with E-state index in [4.69, 9.17) is 0 Å². The number of aromatic nitrogens is 3. The summed E-state index contributed by atoms with van der Waals surface area (Å²) in [5.74, 6) is -3.83. The quantitative estimate of drug-likeness (QED) is 0.436. The van der Waals surface area contributed by atoms with Gasteiger partial charge >= 0.3 is 11.9 Å². The first-order valence-electron chi connectivity index (χ1n) is 10.6. The van der Waals surface area contributed by atoms with Crippen molar-refractivity contribution < 1.29 is 18.7 Å². The zero-order chi connectivity index (χ0) is 22.4. The third-order valence-corrected chi connectivity index (χ3v) is 5.09. The summed E-state index contributed by atoms with van der Waals surface area (Å²) >= 11 is 0. The summed E-state index contributed by atoms with van der Waals surface area (Å²) in [6, 6.07) is 14.1. The van der Waals surface area contributed by atoms with E-state index in [1.165, 1.54) is 4.68 Å². The van der Waals surface area contributed by atoms with Crippen molar-refractivity contribution in [1.82, 2.24) is 14.8 Å². The van der Waals surface area contributed by atoms with Crippen molar-refractivity contribution in [1.29, 1.82) is 0 Å². The standard InChI is InChI=1S/C24H27F2N3O2/c1-3-5-9-21-27-23(24(25,26)14-4-2)29(28-21)16-17-10-12-18(13-11-17)19-7-6-8-20(15-19)22(30)31/h6-8,10-13,15H,3-5,9,14,16H2,1-2H3,(H,30,31). The number of hydrogen-bond donors (Lipinski definition) is 1. The van der Waals surface area contributed by atoms with Crippen LogP contribution in [0.4, 0.5) is 8.78 Å². The molecule has 0 aliphatic rings. The molecule has 3 aromatic rings. The first-order valence-corrected chi connectivity index (χ1v) is 10.6. The number of benzene rings is 2. The van der Waals surface area contributed by atoms with Gasteiger partial charge in [-0.1, -0.05) is 56.7 Å². The second kappa shape index (κ2) is 9.81. The molecule has 0 fully saturated rings. The summed E-state index contributed by atoms with van der Waals surface area (Å²) in [4.78, 5) is 15.4. The highest BCUT2D eigenvalue weighted by Gasteiger charge is 2.36. The molecule has 0 saturated carbocycles. The summed E-state index contributed by atoms with van der Waals surface area (Å²) in [7, 11) is 0. The highest BCUT2D eigenvalue weighted by atomic mass is 19.3. The number of halogens is 2. The van der Waals surface area contributed by atoms with E-state index < -0.39 is 11.9 Å². The number of aromatic carboxylic acids is 1. The number of rotatable bonds is 10. The maximum atomic E-state index is 14.7. The smallest absolute Gasteiger partial charge is 0.335 e. The van der Waals surface area contributed by atoms with Crippen LogP contribution in [-0.4, -0.2) is 25.8 Å². The Labute approximate surface area is 180 Å². The molecule has 0 radical (unpaired) electrons. The summed E-state index contributed by atoms with van der Waals surface area (Å²) in [6.45, 7) is 3.96. The van der Waals surface area contributed by atoms with Gasteiger partial charge in [-0.25, -0.2) is 14.5 Å². The normalized spacial score (nSPS) is 11.6. The number of carboxylic acid groups (broad SMARTS) is 1. The molecule has 3 rings (SSSR count). The number of nitrogens with zero attached hydrogens (tertiary/aromatic N) is 3. The largest absolute Gasteiger partial charge is 0.478 e. The molecule has 0 bridgehead atoms. The molecule has 31 heavy (non-hydrogen) atoms. The van der Waals surface area contributed by atoms with Gasteiger partial charge in [0.2, 0.25) is 0 Å². The van der Waals surface area contributed by atoms with Gasteiger partial charge in [0.1, 0.15) is 0 Å². The highest BCUT2D eigenvalue weighted by molar-refractivity contribution is 5.89. The van der Waals surface area contributed by atoms with Gasteiger partial charge in [0, 0.05) is 12.8 Å². The van der Waals surface area contributed by atoms with Gasteiger partial charge in [-0.2, -0.15) is 13.9 Å². The van der Waals surface area contributed by atoms with E-state index in [1.54, 1.807) is 25.1 Å². The zero-order valence-electron chi connectivity index (χ0n) is 17.8. The van der Waals surface area contributed by atoms with Crippen molar-refractivity contribution in [3.8, 4) is 11.1 Å². The predicted octanol–water partition coefficient (Wildman–Crippen LogP) is 5.93. The number of hydrogen-bond acceptors (Lipinski definition) is 3. The van der Waals surface area contributed by atoms with Crippen molar-refractivity contribution in [2.45, 2.75) is 58.4 Å². The Morgan fingerprint density at radius 2 is 1.81 bits per heavy atom. The molecular weight excluding hydrogens is 400 g/mol. The maximum absolute atomic E-state index is 14.7. The fourth-order valence-electron chi connectivity index (χ4n) is 3.44. The number of alkyl halides is 2. The minimum atomic E-state index is -3.02. The van der Waals surface area contributed by atoms with E-state index in [2.05, 4.69) is 10.1 Å². The van der Waals surface area contributed by atoms with Crippen LogP contribution in [0.25, 0.3) is 11.1 Å². The summed E-state index contributed by atoms with van der Waals surface area (Å²) in [6.07, 6.45) is 2.47.